The summed E-state index contributed by atoms with van der Waals surface area (Å²) >= 11 is 0. The van der Waals surface area contributed by atoms with Gasteiger partial charge in [0, 0.05) is 31.2 Å². The van der Waals surface area contributed by atoms with Gasteiger partial charge in [-0.25, -0.2) is 4.98 Å². The second kappa shape index (κ2) is 6.17. The standard InChI is InChI=1S/C14H16F3N3O/c1-10(9-21-2)19-13-18-7-8-20(13)12-5-3-11(4-6-12)14(15,16)17/h3-8,10H,9H2,1-2H3,(H,18,19). The molecule has 0 bridgehead atoms. The van der Waals surface area contributed by atoms with E-state index in [4.69, 9.17) is 4.74 Å². The molecule has 0 aliphatic heterocycles. The van der Waals surface area contributed by atoms with Crippen molar-refractivity contribution in [3.8, 4) is 5.69 Å². The fourth-order valence-corrected chi connectivity index (χ4v) is 1.94. The van der Waals surface area contributed by atoms with Gasteiger partial charge >= 0.3 is 6.18 Å². The Balaban J connectivity index is 2.21. The van der Waals surface area contributed by atoms with E-state index in [9.17, 15) is 13.2 Å². The molecule has 0 fully saturated rings. The lowest BCUT2D eigenvalue weighted by atomic mass is 10.2. The quantitative estimate of drug-likeness (QED) is 0.920. The highest BCUT2D eigenvalue weighted by molar-refractivity contribution is 5.43. The van der Waals surface area contributed by atoms with Crippen LogP contribution >= 0.6 is 0 Å². The van der Waals surface area contributed by atoms with Crippen molar-refractivity contribution < 1.29 is 17.9 Å². The summed E-state index contributed by atoms with van der Waals surface area (Å²) in [4.78, 5) is 4.16. The van der Waals surface area contributed by atoms with Crippen molar-refractivity contribution in [2.75, 3.05) is 19.0 Å². The molecule has 0 spiro atoms. The summed E-state index contributed by atoms with van der Waals surface area (Å²) in [6, 6.07) is 4.97. The fourth-order valence-electron chi connectivity index (χ4n) is 1.94. The number of aromatic nitrogens is 2. The number of ether oxygens (including phenoxy) is 1. The van der Waals surface area contributed by atoms with Crippen LogP contribution in [0, 0.1) is 0 Å². The van der Waals surface area contributed by atoms with Gasteiger partial charge in [-0.15, -0.1) is 0 Å². The number of rotatable bonds is 5. The van der Waals surface area contributed by atoms with Gasteiger partial charge in [-0.1, -0.05) is 0 Å². The Hall–Kier alpha value is -2.02. The number of anilines is 1. The highest BCUT2D eigenvalue weighted by Crippen LogP contribution is 2.30. The summed E-state index contributed by atoms with van der Waals surface area (Å²) in [5.74, 6) is 0.555. The molecule has 4 nitrogen and oxygen atoms in total. The molecular weight excluding hydrogens is 283 g/mol. The van der Waals surface area contributed by atoms with Crippen LogP contribution in [-0.4, -0.2) is 29.3 Å². The van der Waals surface area contributed by atoms with Crippen LogP contribution in [0.25, 0.3) is 5.69 Å². The Labute approximate surface area is 120 Å². The van der Waals surface area contributed by atoms with Crippen molar-refractivity contribution >= 4 is 5.95 Å². The van der Waals surface area contributed by atoms with Gasteiger partial charge in [0.15, 0.2) is 0 Å². The van der Waals surface area contributed by atoms with E-state index in [2.05, 4.69) is 10.3 Å². The monoisotopic (exact) mass is 299 g/mol. The normalized spacial score (nSPS) is 13.2. The average Bonchev–Trinajstić information content (AvgIpc) is 2.86. The number of alkyl halides is 3. The maximum absolute atomic E-state index is 12.6. The summed E-state index contributed by atoms with van der Waals surface area (Å²) in [5.41, 5.74) is -0.0683. The summed E-state index contributed by atoms with van der Waals surface area (Å²) in [6.45, 7) is 2.43. The van der Waals surface area contributed by atoms with Crippen molar-refractivity contribution in [2.45, 2.75) is 19.1 Å². The van der Waals surface area contributed by atoms with Crippen LogP contribution in [0.5, 0.6) is 0 Å². The molecule has 0 aliphatic carbocycles. The van der Waals surface area contributed by atoms with E-state index in [1.807, 2.05) is 6.92 Å². The predicted octanol–water partition coefficient (Wildman–Crippen LogP) is 3.34. The molecule has 1 aromatic carbocycles. The van der Waals surface area contributed by atoms with E-state index in [1.54, 1.807) is 24.1 Å². The number of hydrogen-bond acceptors (Lipinski definition) is 3. The molecule has 1 N–H and O–H groups in total. The number of nitrogens with zero attached hydrogens (tertiary/aromatic N) is 2. The first-order valence-electron chi connectivity index (χ1n) is 6.38. The second-order valence-corrected chi connectivity index (χ2v) is 4.67. The molecule has 2 aromatic rings. The Kier molecular flexibility index (Phi) is 4.52. The first kappa shape index (κ1) is 15.4. The van der Waals surface area contributed by atoms with Crippen LogP contribution in [-0.2, 0) is 10.9 Å². The molecule has 0 radical (unpaired) electrons. The number of nitrogens with one attached hydrogen (secondary N) is 1. The maximum atomic E-state index is 12.6. The number of methoxy groups -OCH3 is 1. The van der Waals surface area contributed by atoms with Crippen molar-refractivity contribution in [1.82, 2.24) is 9.55 Å². The second-order valence-electron chi connectivity index (χ2n) is 4.67. The fraction of sp³-hybridized carbons (Fsp3) is 0.357. The third-order valence-corrected chi connectivity index (χ3v) is 2.91. The molecule has 1 heterocycles. The average molecular weight is 299 g/mol. The van der Waals surface area contributed by atoms with Crippen LogP contribution in [0.4, 0.5) is 19.1 Å². The van der Waals surface area contributed by atoms with E-state index in [-0.39, 0.29) is 6.04 Å². The van der Waals surface area contributed by atoms with Gasteiger partial charge in [0.25, 0.3) is 0 Å². The SMILES string of the molecule is COCC(C)Nc1nccn1-c1ccc(C(F)(F)F)cc1. The summed E-state index contributed by atoms with van der Waals surface area (Å²) in [6.07, 6.45) is -1.06. The van der Waals surface area contributed by atoms with E-state index in [1.165, 1.54) is 12.1 Å². The smallest absolute Gasteiger partial charge is 0.383 e. The number of imidazole rings is 1. The Morgan fingerprint density at radius 3 is 2.52 bits per heavy atom. The number of halogens is 3. The van der Waals surface area contributed by atoms with E-state index >= 15 is 0 Å². The predicted molar refractivity (Wildman–Crippen MR) is 73.5 cm³/mol. The Morgan fingerprint density at radius 2 is 1.95 bits per heavy atom. The lowest BCUT2D eigenvalue weighted by Crippen LogP contribution is -2.22. The summed E-state index contributed by atoms with van der Waals surface area (Å²) in [7, 11) is 1.60. The van der Waals surface area contributed by atoms with Crippen molar-refractivity contribution in [3.63, 3.8) is 0 Å². The van der Waals surface area contributed by atoms with E-state index in [0.29, 0.717) is 18.2 Å². The first-order chi connectivity index (χ1) is 9.91. The number of benzene rings is 1. The zero-order valence-corrected chi connectivity index (χ0v) is 11.7. The third-order valence-electron chi connectivity index (χ3n) is 2.91. The summed E-state index contributed by atoms with van der Waals surface area (Å²) < 4.78 is 44.4. The number of hydrogen-bond donors (Lipinski definition) is 1. The summed E-state index contributed by atoms with van der Waals surface area (Å²) in [5, 5.41) is 3.14. The zero-order valence-electron chi connectivity index (χ0n) is 11.7. The van der Waals surface area contributed by atoms with E-state index in [0.717, 1.165) is 12.1 Å². The van der Waals surface area contributed by atoms with Gasteiger partial charge < -0.3 is 10.1 Å². The highest BCUT2D eigenvalue weighted by atomic mass is 19.4. The van der Waals surface area contributed by atoms with Gasteiger partial charge in [0.05, 0.1) is 12.2 Å². The van der Waals surface area contributed by atoms with Gasteiger partial charge in [-0.3, -0.25) is 4.57 Å². The Morgan fingerprint density at radius 1 is 1.29 bits per heavy atom. The lowest BCUT2D eigenvalue weighted by Gasteiger charge is -2.15. The van der Waals surface area contributed by atoms with Gasteiger partial charge in [-0.2, -0.15) is 13.2 Å². The molecule has 0 amide bonds. The van der Waals surface area contributed by atoms with Crippen molar-refractivity contribution in [2.24, 2.45) is 0 Å². The minimum absolute atomic E-state index is 0.0330. The topological polar surface area (TPSA) is 39.1 Å². The highest BCUT2D eigenvalue weighted by Gasteiger charge is 2.30. The maximum Gasteiger partial charge on any atom is 0.416 e. The van der Waals surface area contributed by atoms with E-state index < -0.39 is 11.7 Å². The molecule has 114 valence electrons. The molecule has 1 atom stereocenters. The van der Waals surface area contributed by atoms with Crippen LogP contribution in [0.1, 0.15) is 12.5 Å². The van der Waals surface area contributed by atoms with Crippen LogP contribution in [0.15, 0.2) is 36.7 Å². The molecule has 0 saturated carbocycles. The van der Waals surface area contributed by atoms with Gasteiger partial charge in [-0.05, 0) is 31.2 Å². The first-order valence-corrected chi connectivity index (χ1v) is 6.38. The molecular formula is C14H16F3N3O. The largest absolute Gasteiger partial charge is 0.416 e. The molecule has 0 saturated heterocycles. The minimum Gasteiger partial charge on any atom is -0.383 e. The third kappa shape index (κ3) is 3.75. The molecule has 21 heavy (non-hydrogen) atoms. The Bertz CT molecular complexity index is 578. The van der Waals surface area contributed by atoms with Crippen molar-refractivity contribution in [3.05, 3.63) is 42.2 Å². The van der Waals surface area contributed by atoms with Gasteiger partial charge in [0.2, 0.25) is 5.95 Å². The molecule has 1 unspecified atom stereocenters. The zero-order chi connectivity index (χ0) is 15.5. The molecule has 7 heteroatoms. The van der Waals surface area contributed by atoms with Crippen molar-refractivity contribution in [1.29, 1.82) is 0 Å². The minimum atomic E-state index is -4.33. The molecule has 1 aromatic heterocycles. The lowest BCUT2D eigenvalue weighted by molar-refractivity contribution is -0.137. The van der Waals surface area contributed by atoms with Crippen LogP contribution < -0.4 is 5.32 Å². The molecule has 2 rings (SSSR count). The van der Waals surface area contributed by atoms with Crippen LogP contribution in [0.3, 0.4) is 0 Å². The van der Waals surface area contributed by atoms with Crippen LogP contribution in [0.2, 0.25) is 0 Å². The molecule has 0 aliphatic rings. The van der Waals surface area contributed by atoms with Gasteiger partial charge in [0.1, 0.15) is 0 Å².